The maximum absolute atomic E-state index is 9.45. The Hall–Kier alpha value is -0.860. The second-order valence-electron chi connectivity index (χ2n) is 5.13. The molecule has 94 valence electrons. The Morgan fingerprint density at radius 3 is 2.47 bits per heavy atom. The standard InChI is InChI=1S/C15H23NO/c1-2-12-3-5-13(6-4-12)10-16-11-14-7-8-15(17)9-14/h3-6,14-17H,2,7-11H2,1H3. The third kappa shape index (κ3) is 3.83. The minimum Gasteiger partial charge on any atom is -0.393 e. The van der Waals surface area contributed by atoms with Crippen LogP contribution in [0, 0.1) is 5.92 Å². The summed E-state index contributed by atoms with van der Waals surface area (Å²) in [4.78, 5) is 0. The fourth-order valence-electron chi connectivity index (χ4n) is 2.55. The molecule has 0 saturated heterocycles. The van der Waals surface area contributed by atoms with Crippen molar-refractivity contribution in [2.24, 2.45) is 5.92 Å². The molecule has 1 saturated carbocycles. The molecule has 17 heavy (non-hydrogen) atoms. The van der Waals surface area contributed by atoms with E-state index in [0.717, 1.165) is 32.4 Å². The summed E-state index contributed by atoms with van der Waals surface area (Å²) in [6.45, 7) is 4.15. The van der Waals surface area contributed by atoms with Gasteiger partial charge in [0.25, 0.3) is 0 Å². The molecular formula is C15H23NO. The lowest BCUT2D eigenvalue weighted by atomic mass is 10.1. The van der Waals surface area contributed by atoms with E-state index in [0.29, 0.717) is 5.92 Å². The first kappa shape index (κ1) is 12.6. The van der Waals surface area contributed by atoms with E-state index in [-0.39, 0.29) is 6.10 Å². The highest BCUT2D eigenvalue weighted by molar-refractivity contribution is 5.22. The van der Waals surface area contributed by atoms with Gasteiger partial charge in [0, 0.05) is 6.54 Å². The van der Waals surface area contributed by atoms with Crippen molar-refractivity contribution in [2.45, 2.75) is 45.3 Å². The highest BCUT2D eigenvalue weighted by atomic mass is 16.3. The molecule has 0 aromatic heterocycles. The Labute approximate surface area is 104 Å². The first-order chi connectivity index (χ1) is 8.28. The zero-order chi connectivity index (χ0) is 12.1. The van der Waals surface area contributed by atoms with Crippen LogP contribution in [0.15, 0.2) is 24.3 Å². The monoisotopic (exact) mass is 233 g/mol. The van der Waals surface area contributed by atoms with Gasteiger partial charge in [0.1, 0.15) is 0 Å². The number of aliphatic hydroxyl groups excluding tert-OH is 1. The van der Waals surface area contributed by atoms with Gasteiger partial charge in [-0.05, 0) is 49.3 Å². The van der Waals surface area contributed by atoms with Crippen molar-refractivity contribution < 1.29 is 5.11 Å². The molecule has 2 N–H and O–H groups in total. The van der Waals surface area contributed by atoms with Crippen LogP contribution in [0.3, 0.4) is 0 Å². The summed E-state index contributed by atoms with van der Waals surface area (Å²) in [5.74, 6) is 0.667. The molecular weight excluding hydrogens is 210 g/mol. The minimum atomic E-state index is -0.0503. The van der Waals surface area contributed by atoms with Gasteiger partial charge >= 0.3 is 0 Å². The van der Waals surface area contributed by atoms with Gasteiger partial charge in [-0.3, -0.25) is 0 Å². The molecule has 0 aliphatic heterocycles. The SMILES string of the molecule is CCc1ccc(CNCC2CCC(O)C2)cc1. The third-order valence-corrected chi connectivity index (χ3v) is 3.71. The maximum atomic E-state index is 9.45. The van der Waals surface area contributed by atoms with Crippen LogP contribution < -0.4 is 5.32 Å². The Morgan fingerprint density at radius 2 is 1.88 bits per heavy atom. The van der Waals surface area contributed by atoms with E-state index < -0.39 is 0 Å². The molecule has 2 atom stereocenters. The summed E-state index contributed by atoms with van der Waals surface area (Å²) in [6, 6.07) is 8.82. The van der Waals surface area contributed by atoms with Gasteiger partial charge in [-0.15, -0.1) is 0 Å². The van der Waals surface area contributed by atoms with Crippen LogP contribution in [-0.2, 0) is 13.0 Å². The zero-order valence-electron chi connectivity index (χ0n) is 10.7. The molecule has 1 aliphatic rings. The van der Waals surface area contributed by atoms with E-state index >= 15 is 0 Å². The molecule has 0 radical (unpaired) electrons. The third-order valence-electron chi connectivity index (χ3n) is 3.71. The molecule has 2 rings (SSSR count). The first-order valence-corrected chi connectivity index (χ1v) is 6.74. The molecule has 1 aromatic rings. The second kappa shape index (κ2) is 6.18. The Balaban J connectivity index is 1.70. The fraction of sp³-hybridized carbons (Fsp3) is 0.600. The number of hydrogen-bond acceptors (Lipinski definition) is 2. The number of hydrogen-bond donors (Lipinski definition) is 2. The van der Waals surface area contributed by atoms with E-state index in [1.165, 1.54) is 17.5 Å². The van der Waals surface area contributed by atoms with Gasteiger partial charge in [-0.1, -0.05) is 31.2 Å². The van der Waals surface area contributed by atoms with Crippen molar-refractivity contribution in [3.63, 3.8) is 0 Å². The van der Waals surface area contributed by atoms with Gasteiger partial charge in [0.15, 0.2) is 0 Å². The number of aryl methyl sites for hydroxylation is 1. The number of benzene rings is 1. The number of aliphatic hydroxyl groups is 1. The van der Waals surface area contributed by atoms with Crippen molar-refractivity contribution in [3.8, 4) is 0 Å². The molecule has 1 fully saturated rings. The summed E-state index contributed by atoms with van der Waals surface area (Å²) < 4.78 is 0. The van der Waals surface area contributed by atoms with Gasteiger partial charge in [0.05, 0.1) is 6.10 Å². The van der Waals surface area contributed by atoms with Crippen molar-refractivity contribution in [3.05, 3.63) is 35.4 Å². The van der Waals surface area contributed by atoms with Crippen LogP contribution in [0.5, 0.6) is 0 Å². The normalized spacial score (nSPS) is 24.1. The average Bonchev–Trinajstić information content (AvgIpc) is 2.76. The van der Waals surface area contributed by atoms with E-state index in [9.17, 15) is 5.11 Å². The Morgan fingerprint density at radius 1 is 1.18 bits per heavy atom. The number of nitrogens with one attached hydrogen (secondary N) is 1. The Kier molecular flexibility index (Phi) is 4.57. The largest absolute Gasteiger partial charge is 0.393 e. The van der Waals surface area contributed by atoms with Crippen LogP contribution in [0.2, 0.25) is 0 Å². The van der Waals surface area contributed by atoms with Crippen LogP contribution in [0.4, 0.5) is 0 Å². The number of rotatable bonds is 5. The van der Waals surface area contributed by atoms with Gasteiger partial charge < -0.3 is 10.4 Å². The highest BCUT2D eigenvalue weighted by Crippen LogP contribution is 2.24. The molecule has 0 amide bonds. The highest BCUT2D eigenvalue weighted by Gasteiger charge is 2.21. The molecule has 2 nitrogen and oxygen atoms in total. The fourth-order valence-corrected chi connectivity index (χ4v) is 2.55. The van der Waals surface area contributed by atoms with Crippen molar-refractivity contribution in [1.82, 2.24) is 5.32 Å². The van der Waals surface area contributed by atoms with Gasteiger partial charge in [-0.2, -0.15) is 0 Å². The van der Waals surface area contributed by atoms with E-state index in [1.54, 1.807) is 0 Å². The molecule has 2 heteroatoms. The maximum Gasteiger partial charge on any atom is 0.0543 e. The molecule has 2 unspecified atom stereocenters. The second-order valence-corrected chi connectivity index (χ2v) is 5.13. The minimum absolute atomic E-state index is 0.0503. The molecule has 1 aromatic carbocycles. The summed E-state index contributed by atoms with van der Waals surface area (Å²) in [5, 5.41) is 12.9. The van der Waals surface area contributed by atoms with Crippen molar-refractivity contribution in [2.75, 3.05) is 6.54 Å². The van der Waals surface area contributed by atoms with E-state index in [1.807, 2.05) is 0 Å². The van der Waals surface area contributed by atoms with Crippen molar-refractivity contribution >= 4 is 0 Å². The summed E-state index contributed by atoms with van der Waals surface area (Å²) >= 11 is 0. The van der Waals surface area contributed by atoms with Crippen LogP contribution >= 0.6 is 0 Å². The van der Waals surface area contributed by atoms with Crippen LogP contribution in [-0.4, -0.2) is 17.8 Å². The summed E-state index contributed by atoms with van der Waals surface area (Å²) in [7, 11) is 0. The quantitative estimate of drug-likeness (QED) is 0.819. The van der Waals surface area contributed by atoms with Gasteiger partial charge in [-0.25, -0.2) is 0 Å². The lowest BCUT2D eigenvalue weighted by molar-refractivity contribution is 0.177. The van der Waals surface area contributed by atoms with Crippen LogP contribution in [0.25, 0.3) is 0 Å². The molecule has 1 aliphatic carbocycles. The lowest BCUT2D eigenvalue weighted by Gasteiger charge is -2.11. The molecule has 0 spiro atoms. The summed E-state index contributed by atoms with van der Waals surface area (Å²) in [5.41, 5.74) is 2.74. The van der Waals surface area contributed by atoms with E-state index in [2.05, 4.69) is 36.5 Å². The first-order valence-electron chi connectivity index (χ1n) is 6.74. The molecule has 0 bridgehead atoms. The predicted molar refractivity (Wildman–Crippen MR) is 70.9 cm³/mol. The smallest absolute Gasteiger partial charge is 0.0543 e. The summed E-state index contributed by atoms with van der Waals surface area (Å²) in [6.07, 6.45) is 4.18. The zero-order valence-corrected chi connectivity index (χ0v) is 10.7. The Bertz CT molecular complexity index is 333. The van der Waals surface area contributed by atoms with Crippen LogP contribution in [0.1, 0.15) is 37.3 Å². The molecule has 0 heterocycles. The topological polar surface area (TPSA) is 32.3 Å². The lowest BCUT2D eigenvalue weighted by Crippen LogP contribution is -2.21. The van der Waals surface area contributed by atoms with E-state index in [4.69, 9.17) is 0 Å². The van der Waals surface area contributed by atoms with Gasteiger partial charge in [0.2, 0.25) is 0 Å². The predicted octanol–water partition coefficient (Wildman–Crippen LogP) is 2.50. The van der Waals surface area contributed by atoms with Crippen molar-refractivity contribution in [1.29, 1.82) is 0 Å². The average molecular weight is 233 g/mol.